The van der Waals surface area contributed by atoms with Gasteiger partial charge >= 0.3 is 11.8 Å². The van der Waals surface area contributed by atoms with Crippen molar-refractivity contribution in [3.63, 3.8) is 0 Å². The maximum absolute atomic E-state index is 12.0. The molecule has 110 valence electrons. The zero-order valence-electron chi connectivity index (χ0n) is 12.7. The molecular weight excluding hydrogens is 244 g/mol. The van der Waals surface area contributed by atoms with E-state index in [-0.39, 0.29) is 5.41 Å². The van der Waals surface area contributed by atoms with Gasteiger partial charge in [-0.15, -0.1) is 0 Å². The Hall–Kier alpha value is -1.10. The Morgan fingerprint density at radius 3 is 2.11 bits per heavy atom. The van der Waals surface area contributed by atoms with Gasteiger partial charge in [-0.1, -0.05) is 20.8 Å². The van der Waals surface area contributed by atoms with Crippen molar-refractivity contribution in [2.24, 2.45) is 5.41 Å². The predicted octanol–water partition coefficient (Wildman–Crippen LogP) is 1.18. The van der Waals surface area contributed by atoms with E-state index in [0.29, 0.717) is 26.3 Å². The lowest BCUT2D eigenvalue weighted by Crippen LogP contribution is -2.53. The van der Waals surface area contributed by atoms with Crippen LogP contribution in [0.15, 0.2) is 0 Å². The van der Waals surface area contributed by atoms with Gasteiger partial charge in [0.25, 0.3) is 0 Å². The van der Waals surface area contributed by atoms with E-state index in [0.717, 1.165) is 6.42 Å². The van der Waals surface area contributed by atoms with E-state index in [4.69, 9.17) is 4.74 Å². The summed E-state index contributed by atoms with van der Waals surface area (Å²) in [5.41, 5.74) is -0.296. The molecule has 1 saturated heterocycles. The molecule has 2 amide bonds. The van der Waals surface area contributed by atoms with Gasteiger partial charge in [-0.2, -0.15) is 0 Å². The van der Waals surface area contributed by atoms with Gasteiger partial charge in [0.2, 0.25) is 0 Å². The third-order valence-corrected chi connectivity index (χ3v) is 2.92. The molecule has 0 aliphatic carbocycles. The topological polar surface area (TPSA) is 58.6 Å². The van der Waals surface area contributed by atoms with Crippen LogP contribution in [0.2, 0.25) is 0 Å². The van der Waals surface area contributed by atoms with Crippen molar-refractivity contribution < 1.29 is 14.3 Å². The molecule has 5 nitrogen and oxygen atoms in total. The summed E-state index contributed by atoms with van der Waals surface area (Å²) in [7, 11) is 0. The van der Waals surface area contributed by atoms with Crippen LogP contribution in [-0.2, 0) is 14.3 Å². The maximum Gasteiger partial charge on any atom is 0.312 e. The van der Waals surface area contributed by atoms with E-state index in [1.54, 1.807) is 4.90 Å². The van der Waals surface area contributed by atoms with Gasteiger partial charge in [-0.05, 0) is 25.7 Å². The number of hydrogen-bond donors (Lipinski definition) is 1. The summed E-state index contributed by atoms with van der Waals surface area (Å²) in [5, 5.41) is 2.84. The minimum absolute atomic E-state index is 0.0960. The summed E-state index contributed by atoms with van der Waals surface area (Å²) < 4.78 is 5.17. The molecule has 19 heavy (non-hydrogen) atoms. The smallest absolute Gasteiger partial charge is 0.312 e. The molecule has 0 aromatic carbocycles. The van der Waals surface area contributed by atoms with Gasteiger partial charge < -0.3 is 15.0 Å². The summed E-state index contributed by atoms with van der Waals surface area (Å²) >= 11 is 0. The molecule has 1 N–H and O–H groups in total. The molecule has 1 aliphatic rings. The van der Waals surface area contributed by atoms with E-state index in [1.807, 2.05) is 13.8 Å². The van der Waals surface area contributed by atoms with E-state index < -0.39 is 17.4 Å². The first-order chi connectivity index (χ1) is 8.61. The Bertz CT molecular complexity index is 339. The van der Waals surface area contributed by atoms with Gasteiger partial charge in [0.15, 0.2) is 0 Å². The summed E-state index contributed by atoms with van der Waals surface area (Å²) in [6.07, 6.45) is 0.808. The van der Waals surface area contributed by atoms with Crippen LogP contribution in [0.25, 0.3) is 0 Å². The number of amides is 2. The second-order valence-corrected chi connectivity index (χ2v) is 6.98. The fourth-order valence-corrected chi connectivity index (χ4v) is 2.64. The lowest BCUT2D eigenvalue weighted by atomic mass is 9.82. The van der Waals surface area contributed by atoms with Crippen LogP contribution in [0.3, 0.4) is 0 Å². The molecule has 0 unspecified atom stereocenters. The van der Waals surface area contributed by atoms with Gasteiger partial charge in [-0.3, -0.25) is 9.59 Å². The molecule has 0 atom stereocenters. The first-order valence-electron chi connectivity index (χ1n) is 6.80. The molecule has 5 heteroatoms. The lowest BCUT2D eigenvalue weighted by molar-refractivity contribution is -0.149. The highest BCUT2D eigenvalue weighted by Crippen LogP contribution is 2.26. The molecule has 0 bridgehead atoms. The van der Waals surface area contributed by atoms with Crippen LogP contribution < -0.4 is 5.32 Å². The van der Waals surface area contributed by atoms with Crippen LogP contribution >= 0.6 is 0 Å². The Morgan fingerprint density at radius 1 is 1.11 bits per heavy atom. The lowest BCUT2D eigenvalue weighted by Gasteiger charge is -2.34. The average molecular weight is 270 g/mol. The van der Waals surface area contributed by atoms with Crippen molar-refractivity contribution in [1.29, 1.82) is 0 Å². The molecule has 1 aliphatic heterocycles. The van der Waals surface area contributed by atoms with Crippen molar-refractivity contribution in [3.8, 4) is 0 Å². The fraction of sp³-hybridized carbons (Fsp3) is 0.857. The van der Waals surface area contributed by atoms with Crippen molar-refractivity contribution in [2.45, 2.75) is 46.6 Å². The van der Waals surface area contributed by atoms with Crippen molar-refractivity contribution in [1.82, 2.24) is 10.2 Å². The van der Waals surface area contributed by atoms with Crippen molar-refractivity contribution in [3.05, 3.63) is 0 Å². The third-order valence-electron chi connectivity index (χ3n) is 2.92. The molecule has 1 rings (SSSR count). The van der Waals surface area contributed by atoms with Crippen LogP contribution in [0, 0.1) is 5.41 Å². The normalized spacial score (nSPS) is 17.2. The first-order valence-corrected chi connectivity index (χ1v) is 6.80. The number of rotatable bonds is 2. The van der Waals surface area contributed by atoms with E-state index in [2.05, 4.69) is 26.1 Å². The Morgan fingerprint density at radius 2 is 1.63 bits per heavy atom. The third kappa shape index (κ3) is 5.59. The highest BCUT2D eigenvalue weighted by molar-refractivity contribution is 6.35. The average Bonchev–Trinajstić information content (AvgIpc) is 2.25. The SMILES string of the molecule is CC(C)(C)CC(C)(C)NC(=O)C(=O)N1CCOCC1. The fourth-order valence-electron chi connectivity index (χ4n) is 2.64. The monoisotopic (exact) mass is 270 g/mol. The van der Waals surface area contributed by atoms with Crippen LogP contribution in [0.5, 0.6) is 0 Å². The molecule has 0 radical (unpaired) electrons. The summed E-state index contributed by atoms with van der Waals surface area (Å²) in [6, 6.07) is 0. The predicted molar refractivity (Wildman–Crippen MR) is 73.7 cm³/mol. The van der Waals surface area contributed by atoms with Crippen molar-refractivity contribution >= 4 is 11.8 Å². The van der Waals surface area contributed by atoms with Gasteiger partial charge in [0.05, 0.1) is 13.2 Å². The Kier molecular flexibility index (Phi) is 4.96. The maximum atomic E-state index is 12.0. The van der Waals surface area contributed by atoms with Gasteiger partial charge in [0, 0.05) is 18.6 Å². The number of nitrogens with zero attached hydrogens (tertiary/aromatic N) is 1. The van der Waals surface area contributed by atoms with E-state index in [9.17, 15) is 9.59 Å². The number of morpholine rings is 1. The standard InChI is InChI=1S/C14H26N2O3/c1-13(2,3)10-14(4,5)15-11(17)12(18)16-6-8-19-9-7-16/h6-10H2,1-5H3,(H,15,17). The summed E-state index contributed by atoms with van der Waals surface area (Å²) in [4.78, 5) is 25.5. The molecule has 1 heterocycles. The Labute approximate surface area is 115 Å². The van der Waals surface area contributed by atoms with E-state index in [1.165, 1.54) is 0 Å². The largest absolute Gasteiger partial charge is 0.378 e. The molecule has 0 aromatic rings. The minimum Gasteiger partial charge on any atom is -0.378 e. The summed E-state index contributed by atoms with van der Waals surface area (Å²) in [6.45, 7) is 12.2. The molecular formula is C14H26N2O3. The zero-order valence-corrected chi connectivity index (χ0v) is 12.7. The number of ether oxygens (including phenoxy) is 1. The van der Waals surface area contributed by atoms with Crippen molar-refractivity contribution in [2.75, 3.05) is 26.3 Å². The zero-order chi connectivity index (χ0) is 14.7. The number of nitrogens with one attached hydrogen (secondary N) is 1. The van der Waals surface area contributed by atoms with Crippen LogP contribution in [0.1, 0.15) is 41.0 Å². The summed E-state index contributed by atoms with van der Waals surface area (Å²) in [5.74, 6) is -0.971. The molecule has 0 aromatic heterocycles. The van der Waals surface area contributed by atoms with Gasteiger partial charge in [0.1, 0.15) is 0 Å². The number of carbonyl (C=O) groups is 2. The van der Waals surface area contributed by atoms with E-state index >= 15 is 0 Å². The van der Waals surface area contributed by atoms with Gasteiger partial charge in [-0.25, -0.2) is 0 Å². The first kappa shape index (κ1) is 16.0. The molecule has 0 spiro atoms. The second kappa shape index (κ2) is 5.90. The number of carbonyl (C=O) groups excluding carboxylic acids is 2. The molecule has 1 fully saturated rings. The highest BCUT2D eigenvalue weighted by Gasteiger charge is 2.31. The minimum atomic E-state index is -0.517. The quantitative estimate of drug-likeness (QED) is 0.766. The highest BCUT2D eigenvalue weighted by atomic mass is 16.5. The Balaban J connectivity index is 2.55. The van der Waals surface area contributed by atoms with Crippen LogP contribution in [-0.4, -0.2) is 48.6 Å². The van der Waals surface area contributed by atoms with Crippen LogP contribution in [0.4, 0.5) is 0 Å². The number of hydrogen-bond acceptors (Lipinski definition) is 3. The molecule has 0 saturated carbocycles. The second-order valence-electron chi connectivity index (χ2n) is 6.98.